The maximum absolute atomic E-state index is 12.8. The summed E-state index contributed by atoms with van der Waals surface area (Å²) in [7, 11) is 0. The lowest BCUT2D eigenvalue weighted by molar-refractivity contribution is -0.137. The smallest absolute Gasteiger partial charge is 0.386 e. The lowest BCUT2D eigenvalue weighted by atomic mass is 10.0. The fraction of sp³-hybridized carbons (Fsp3) is 0.300. The van der Waals surface area contributed by atoms with E-state index in [9.17, 15) is 18.3 Å². The fourth-order valence-corrected chi connectivity index (χ4v) is 3.25. The van der Waals surface area contributed by atoms with Crippen LogP contribution in [0, 0.1) is 0 Å². The molecule has 3 heterocycles. The van der Waals surface area contributed by atoms with Crippen molar-refractivity contribution in [1.29, 1.82) is 0 Å². The van der Waals surface area contributed by atoms with E-state index in [1.807, 2.05) is 6.07 Å². The Balaban J connectivity index is 1.67. The Hall–Kier alpha value is -2.71. The number of fused-ring (bicyclic) bond motifs is 1. The van der Waals surface area contributed by atoms with Crippen molar-refractivity contribution in [1.82, 2.24) is 9.97 Å². The quantitative estimate of drug-likeness (QED) is 0.709. The number of aliphatic hydroxyl groups is 1. The van der Waals surface area contributed by atoms with Crippen molar-refractivity contribution in [3.05, 3.63) is 54.4 Å². The lowest BCUT2D eigenvalue weighted by Gasteiger charge is -2.21. The van der Waals surface area contributed by atoms with Gasteiger partial charge in [0.05, 0.1) is 17.7 Å². The Kier molecular flexibility index (Phi) is 4.68. The highest BCUT2D eigenvalue weighted by Gasteiger charge is 2.32. The van der Waals surface area contributed by atoms with Crippen LogP contribution < -0.4 is 5.32 Å². The maximum atomic E-state index is 12.8. The Morgan fingerprint density at radius 2 is 1.93 bits per heavy atom. The van der Waals surface area contributed by atoms with Gasteiger partial charge in [0.1, 0.15) is 11.4 Å². The summed E-state index contributed by atoms with van der Waals surface area (Å²) >= 11 is 0. The van der Waals surface area contributed by atoms with Crippen LogP contribution in [-0.4, -0.2) is 40.4 Å². The molecule has 1 aliphatic rings. The van der Waals surface area contributed by atoms with Gasteiger partial charge >= 0.3 is 6.18 Å². The van der Waals surface area contributed by atoms with Gasteiger partial charge in [0.2, 0.25) is 0 Å². The summed E-state index contributed by atoms with van der Waals surface area (Å²) in [4.78, 5) is 8.82. The van der Waals surface area contributed by atoms with E-state index in [0.29, 0.717) is 35.5 Å². The third kappa shape index (κ3) is 3.65. The zero-order valence-electron chi connectivity index (χ0n) is 14.8. The van der Waals surface area contributed by atoms with Gasteiger partial charge in [-0.1, -0.05) is 12.1 Å². The number of nitrogens with one attached hydrogen (secondary N) is 1. The van der Waals surface area contributed by atoms with E-state index in [-0.39, 0.29) is 13.2 Å². The molecule has 0 spiro atoms. The van der Waals surface area contributed by atoms with Crippen molar-refractivity contribution >= 4 is 16.7 Å². The van der Waals surface area contributed by atoms with Crippen LogP contribution in [0.25, 0.3) is 22.0 Å². The van der Waals surface area contributed by atoms with Crippen molar-refractivity contribution < 1.29 is 23.0 Å². The molecule has 1 fully saturated rings. The number of aromatic nitrogens is 2. The topological polar surface area (TPSA) is 67.3 Å². The number of nitrogens with zero attached hydrogens (tertiary/aromatic N) is 2. The second-order valence-electron chi connectivity index (χ2n) is 6.88. The van der Waals surface area contributed by atoms with Gasteiger partial charge in [-0.15, -0.1) is 0 Å². The van der Waals surface area contributed by atoms with Crippen LogP contribution >= 0.6 is 0 Å². The SMILES string of the molecule is O[C@]1(CNc2ncc(-c3ccc(C(F)(F)F)cc3)c3ncccc23)CCOC1. The van der Waals surface area contributed by atoms with E-state index >= 15 is 0 Å². The number of hydrogen-bond donors (Lipinski definition) is 2. The Morgan fingerprint density at radius 1 is 1.14 bits per heavy atom. The molecule has 0 radical (unpaired) electrons. The number of benzene rings is 1. The van der Waals surface area contributed by atoms with E-state index in [2.05, 4.69) is 15.3 Å². The molecule has 1 atom stereocenters. The van der Waals surface area contributed by atoms with Crippen LogP contribution in [0.3, 0.4) is 0 Å². The minimum absolute atomic E-state index is 0.264. The van der Waals surface area contributed by atoms with E-state index in [1.165, 1.54) is 12.1 Å². The summed E-state index contributed by atoms with van der Waals surface area (Å²) in [6.07, 6.45) is -0.637. The Morgan fingerprint density at radius 3 is 2.61 bits per heavy atom. The highest BCUT2D eigenvalue weighted by Crippen LogP contribution is 2.34. The average molecular weight is 389 g/mol. The number of ether oxygens (including phenoxy) is 1. The van der Waals surface area contributed by atoms with Gasteiger partial charge in [0.15, 0.2) is 0 Å². The monoisotopic (exact) mass is 389 g/mol. The second-order valence-corrected chi connectivity index (χ2v) is 6.88. The largest absolute Gasteiger partial charge is 0.416 e. The number of alkyl halides is 3. The zero-order chi connectivity index (χ0) is 19.8. The second kappa shape index (κ2) is 7.03. The zero-order valence-corrected chi connectivity index (χ0v) is 14.8. The van der Waals surface area contributed by atoms with Crippen LogP contribution in [0.4, 0.5) is 19.0 Å². The van der Waals surface area contributed by atoms with Gasteiger partial charge in [-0.3, -0.25) is 4.98 Å². The molecule has 8 heteroatoms. The summed E-state index contributed by atoms with van der Waals surface area (Å²) in [6, 6.07) is 8.52. The van der Waals surface area contributed by atoms with Crippen molar-refractivity contribution in [3.8, 4) is 11.1 Å². The molecule has 146 valence electrons. The maximum Gasteiger partial charge on any atom is 0.416 e. The standard InChI is InChI=1S/C20H18F3N3O2/c21-20(22,23)14-5-3-13(4-6-14)16-10-25-18(15-2-1-8-24-17(15)16)26-11-19(27)7-9-28-12-19/h1-6,8,10,27H,7,9,11-12H2,(H,25,26)/t19-/m0/s1. The van der Waals surface area contributed by atoms with E-state index < -0.39 is 17.3 Å². The molecule has 0 amide bonds. The highest BCUT2D eigenvalue weighted by atomic mass is 19.4. The van der Waals surface area contributed by atoms with Gasteiger partial charge in [0.25, 0.3) is 0 Å². The molecular weight excluding hydrogens is 371 g/mol. The predicted molar refractivity (Wildman–Crippen MR) is 98.9 cm³/mol. The minimum Gasteiger partial charge on any atom is -0.386 e. The predicted octanol–water partition coefficient (Wildman–Crippen LogP) is 3.88. The molecule has 1 aromatic carbocycles. The first-order valence-electron chi connectivity index (χ1n) is 8.81. The molecule has 3 aromatic rings. The summed E-state index contributed by atoms with van der Waals surface area (Å²) < 4.78 is 43.7. The number of hydrogen-bond acceptors (Lipinski definition) is 5. The number of rotatable bonds is 4. The fourth-order valence-electron chi connectivity index (χ4n) is 3.25. The molecular formula is C20H18F3N3O2. The highest BCUT2D eigenvalue weighted by molar-refractivity contribution is 5.99. The summed E-state index contributed by atoms with van der Waals surface area (Å²) in [5.41, 5.74) is 0.208. The van der Waals surface area contributed by atoms with Crippen LogP contribution in [-0.2, 0) is 10.9 Å². The van der Waals surface area contributed by atoms with Crippen molar-refractivity contribution in [2.45, 2.75) is 18.2 Å². The average Bonchev–Trinajstić information content (AvgIpc) is 3.12. The third-order valence-corrected chi connectivity index (χ3v) is 4.83. The van der Waals surface area contributed by atoms with Gasteiger partial charge in [0, 0.05) is 42.9 Å². The first-order chi connectivity index (χ1) is 13.4. The van der Waals surface area contributed by atoms with Crippen LogP contribution in [0.1, 0.15) is 12.0 Å². The first-order valence-corrected chi connectivity index (χ1v) is 8.81. The molecule has 2 N–H and O–H groups in total. The molecule has 4 rings (SSSR count). The normalized spacial score (nSPS) is 19.9. The third-order valence-electron chi connectivity index (χ3n) is 4.83. The minimum atomic E-state index is -4.38. The van der Waals surface area contributed by atoms with Gasteiger partial charge < -0.3 is 15.2 Å². The van der Waals surface area contributed by atoms with Gasteiger partial charge in [-0.25, -0.2) is 4.98 Å². The van der Waals surface area contributed by atoms with Crippen molar-refractivity contribution in [2.24, 2.45) is 0 Å². The molecule has 1 aliphatic heterocycles. The van der Waals surface area contributed by atoms with Crippen LogP contribution in [0.5, 0.6) is 0 Å². The summed E-state index contributed by atoms with van der Waals surface area (Å²) in [6.45, 7) is 1.06. The van der Waals surface area contributed by atoms with Gasteiger partial charge in [-0.05, 0) is 29.8 Å². The Labute approximate surface area is 159 Å². The van der Waals surface area contributed by atoms with Crippen LogP contribution in [0.15, 0.2) is 48.8 Å². The molecule has 2 aromatic heterocycles. The number of anilines is 1. The van der Waals surface area contributed by atoms with Crippen molar-refractivity contribution in [3.63, 3.8) is 0 Å². The molecule has 0 bridgehead atoms. The summed E-state index contributed by atoms with van der Waals surface area (Å²) in [5.74, 6) is 0.555. The van der Waals surface area contributed by atoms with Gasteiger partial charge in [-0.2, -0.15) is 13.2 Å². The van der Waals surface area contributed by atoms with Crippen molar-refractivity contribution in [2.75, 3.05) is 25.1 Å². The van der Waals surface area contributed by atoms with E-state index in [4.69, 9.17) is 4.74 Å². The molecule has 0 unspecified atom stereocenters. The first kappa shape index (κ1) is 18.6. The molecule has 0 saturated carbocycles. The molecule has 0 aliphatic carbocycles. The molecule has 1 saturated heterocycles. The molecule has 28 heavy (non-hydrogen) atoms. The van der Waals surface area contributed by atoms with E-state index in [1.54, 1.807) is 18.5 Å². The summed E-state index contributed by atoms with van der Waals surface area (Å²) in [5, 5.41) is 14.3. The Bertz CT molecular complexity index is 984. The molecule has 5 nitrogen and oxygen atoms in total. The van der Waals surface area contributed by atoms with Crippen LogP contribution in [0.2, 0.25) is 0 Å². The van der Waals surface area contributed by atoms with E-state index in [0.717, 1.165) is 17.5 Å². The number of pyridine rings is 2. The lowest BCUT2D eigenvalue weighted by Crippen LogP contribution is -2.37. The number of halogens is 3.